The molecule has 0 unspecified atom stereocenters. The highest BCUT2D eigenvalue weighted by Gasteiger charge is 2.18. The van der Waals surface area contributed by atoms with Crippen LogP contribution >= 0.6 is 0 Å². The summed E-state index contributed by atoms with van der Waals surface area (Å²) in [6, 6.07) is 7.37. The summed E-state index contributed by atoms with van der Waals surface area (Å²) in [6.07, 6.45) is 0. The second-order valence-electron chi connectivity index (χ2n) is 2.00. The SMILES string of the molecule is N#Cc1ccccc1B(F)F. The average molecular weight is 151 g/mol. The number of rotatable bonds is 1. The molecule has 0 amide bonds. The van der Waals surface area contributed by atoms with Crippen LogP contribution in [-0.2, 0) is 0 Å². The molecule has 0 aliphatic carbocycles. The third-order valence-corrected chi connectivity index (χ3v) is 1.32. The van der Waals surface area contributed by atoms with E-state index in [1.54, 1.807) is 12.1 Å². The predicted octanol–water partition coefficient (Wildman–Crippen LogP) is 1.19. The fraction of sp³-hybridized carbons (Fsp3) is 0. The summed E-state index contributed by atoms with van der Waals surface area (Å²) in [4.78, 5) is 0. The van der Waals surface area contributed by atoms with Gasteiger partial charge >= 0.3 is 7.27 Å². The number of halogens is 2. The van der Waals surface area contributed by atoms with Crippen LogP contribution in [0.2, 0.25) is 0 Å². The minimum Gasteiger partial charge on any atom is -0.281 e. The van der Waals surface area contributed by atoms with Crippen molar-refractivity contribution in [3.63, 3.8) is 0 Å². The number of hydrogen-bond donors (Lipinski definition) is 0. The van der Waals surface area contributed by atoms with Crippen molar-refractivity contribution >= 4 is 12.7 Å². The first-order valence-electron chi connectivity index (χ1n) is 3.03. The van der Waals surface area contributed by atoms with Gasteiger partial charge in [0.05, 0.1) is 11.6 Å². The number of nitriles is 1. The Hall–Kier alpha value is -1.37. The van der Waals surface area contributed by atoms with Crippen LogP contribution < -0.4 is 5.46 Å². The Labute approximate surface area is 63.4 Å². The molecule has 0 saturated carbocycles. The van der Waals surface area contributed by atoms with Crippen LogP contribution in [0.3, 0.4) is 0 Å². The summed E-state index contributed by atoms with van der Waals surface area (Å²) < 4.78 is 24.1. The van der Waals surface area contributed by atoms with Crippen LogP contribution in [0.5, 0.6) is 0 Å². The molecule has 1 nitrogen and oxygen atoms in total. The molecule has 0 aromatic heterocycles. The molecular weight excluding hydrogens is 147 g/mol. The topological polar surface area (TPSA) is 23.8 Å². The van der Waals surface area contributed by atoms with Crippen LogP contribution in [0, 0.1) is 11.3 Å². The van der Waals surface area contributed by atoms with Gasteiger partial charge in [0.2, 0.25) is 0 Å². The zero-order valence-corrected chi connectivity index (χ0v) is 5.59. The maximum Gasteiger partial charge on any atom is 0.573 e. The molecule has 0 N–H and O–H groups in total. The lowest BCUT2D eigenvalue weighted by molar-refractivity contribution is 0.684. The van der Waals surface area contributed by atoms with Gasteiger partial charge in [0.1, 0.15) is 0 Å². The van der Waals surface area contributed by atoms with E-state index in [-0.39, 0.29) is 11.0 Å². The lowest BCUT2D eigenvalue weighted by Crippen LogP contribution is -2.23. The van der Waals surface area contributed by atoms with E-state index in [0.29, 0.717) is 0 Å². The van der Waals surface area contributed by atoms with Gasteiger partial charge in [0.25, 0.3) is 0 Å². The maximum atomic E-state index is 12.1. The molecule has 54 valence electrons. The molecule has 0 saturated heterocycles. The van der Waals surface area contributed by atoms with Gasteiger partial charge < -0.3 is 0 Å². The van der Waals surface area contributed by atoms with E-state index < -0.39 is 7.27 Å². The monoisotopic (exact) mass is 151 g/mol. The lowest BCUT2D eigenvalue weighted by Gasteiger charge is -1.96. The standard InChI is InChI=1S/C7H4BF2N/c9-8(10)7-4-2-1-3-6(7)5-11/h1-4H. The van der Waals surface area contributed by atoms with E-state index >= 15 is 0 Å². The number of benzene rings is 1. The third kappa shape index (κ3) is 1.56. The molecule has 0 heterocycles. The van der Waals surface area contributed by atoms with Crippen molar-refractivity contribution in [2.45, 2.75) is 0 Å². The molecular formula is C7H4BF2N. The highest BCUT2D eigenvalue weighted by molar-refractivity contribution is 6.60. The molecule has 0 aliphatic heterocycles. The van der Waals surface area contributed by atoms with Gasteiger partial charge in [-0.1, -0.05) is 18.2 Å². The van der Waals surface area contributed by atoms with Crippen molar-refractivity contribution < 1.29 is 8.63 Å². The summed E-state index contributed by atoms with van der Waals surface area (Å²) in [5, 5.41) is 8.38. The normalized spacial score (nSPS) is 8.82. The molecule has 0 spiro atoms. The third-order valence-electron chi connectivity index (χ3n) is 1.32. The van der Waals surface area contributed by atoms with Crippen molar-refractivity contribution in [3.05, 3.63) is 29.8 Å². The highest BCUT2D eigenvalue weighted by Crippen LogP contribution is 1.97. The summed E-state index contributed by atoms with van der Waals surface area (Å²) >= 11 is 0. The Kier molecular flexibility index (Phi) is 2.22. The Balaban J connectivity index is 3.15. The van der Waals surface area contributed by atoms with Gasteiger partial charge in [0.15, 0.2) is 0 Å². The van der Waals surface area contributed by atoms with Gasteiger partial charge in [-0.15, -0.1) is 0 Å². The Morgan fingerprint density at radius 3 is 2.36 bits per heavy atom. The van der Waals surface area contributed by atoms with E-state index in [1.165, 1.54) is 18.2 Å². The van der Waals surface area contributed by atoms with E-state index in [2.05, 4.69) is 0 Å². The maximum absolute atomic E-state index is 12.1. The van der Waals surface area contributed by atoms with Crippen molar-refractivity contribution in [3.8, 4) is 6.07 Å². The molecule has 11 heavy (non-hydrogen) atoms. The molecule has 1 rings (SSSR count). The second kappa shape index (κ2) is 3.15. The van der Waals surface area contributed by atoms with Crippen LogP contribution in [0.1, 0.15) is 5.56 Å². The number of nitrogens with zero attached hydrogens (tertiary/aromatic N) is 1. The van der Waals surface area contributed by atoms with Gasteiger partial charge in [0, 0.05) is 5.46 Å². The quantitative estimate of drug-likeness (QED) is 0.553. The van der Waals surface area contributed by atoms with Gasteiger partial charge in [-0.25, -0.2) is 0 Å². The Morgan fingerprint density at radius 2 is 1.91 bits per heavy atom. The van der Waals surface area contributed by atoms with E-state index in [0.717, 1.165) is 0 Å². The van der Waals surface area contributed by atoms with Gasteiger partial charge in [-0.05, 0) is 6.07 Å². The largest absolute Gasteiger partial charge is 0.573 e. The molecule has 0 radical (unpaired) electrons. The highest BCUT2D eigenvalue weighted by atomic mass is 19.2. The summed E-state index contributed by atoms with van der Waals surface area (Å²) in [6.45, 7) is 0. The summed E-state index contributed by atoms with van der Waals surface area (Å²) in [5.41, 5.74) is -0.155. The van der Waals surface area contributed by atoms with Crippen molar-refractivity contribution in [2.24, 2.45) is 0 Å². The van der Waals surface area contributed by atoms with Crippen LogP contribution in [0.4, 0.5) is 8.63 Å². The molecule has 0 bridgehead atoms. The van der Waals surface area contributed by atoms with Crippen molar-refractivity contribution in [1.29, 1.82) is 5.26 Å². The number of hydrogen-bond acceptors (Lipinski definition) is 1. The predicted molar refractivity (Wildman–Crippen MR) is 38.8 cm³/mol. The smallest absolute Gasteiger partial charge is 0.281 e. The summed E-state index contributed by atoms with van der Waals surface area (Å²) in [7, 11) is -2.56. The van der Waals surface area contributed by atoms with Crippen molar-refractivity contribution in [1.82, 2.24) is 0 Å². The van der Waals surface area contributed by atoms with Crippen LogP contribution in [-0.4, -0.2) is 7.27 Å². The van der Waals surface area contributed by atoms with Gasteiger partial charge in [-0.3, -0.25) is 8.63 Å². The van der Waals surface area contributed by atoms with E-state index in [9.17, 15) is 8.63 Å². The zero-order chi connectivity index (χ0) is 8.27. The van der Waals surface area contributed by atoms with E-state index in [4.69, 9.17) is 5.26 Å². The van der Waals surface area contributed by atoms with Crippen LogP contribution in [0.25, 0.3) is 0 Å². The first kappa shape index (κ1) is 7.74. The molecule has 4 heteroatoms. The first-order chi connectivity index (χ1) is 5.25. The zero-order valence-electron chi connectivity index (χ0n) is 5.59. The van der Waals surface area contributed by atoms with Crippen molar-refractivity contribution in [2.75, 3.05) is 0 Å². The second-order valence-corrected chi connectivity index (χ2v) is 2.00. The van der Waals surface area contributed by atoms with E-state index in [1.807, 2.05) is 0 Å². The first-order valence-corrected chi connectivity index (χ1v) is 3.03. The Bertz CT molecular complexity index is 293. The molecule has 0 fully saturated rings. The molecule has 1 aromatic rings. The fourth-order valence-corrected chi connectivity index (χ4v) is 0.789. The van der Waals surface area contributed by atoms with Gasteiger partial charge in [-0.2, -0.15) is 5.26 Å². The fourth-order valence-electron chi connectivity index (χ4n) is 0.789. The van der Waals surface area contributed by atoms with Crippen LogP contribution in [0.15, 0.2) is 24.3 Å². The molecule has 0 atom stereocenters. The lowest BCUT2D eigenvalue weighted by atomic mass is 9.82. The molecule has 1 aromatic carbocycles. The Morgan fingerprint density at radius 1 is 1.27 bits per heavy atom. The average Bonchev–Trinajstić information content (AvgIpc) is 2.04. The minimum absolute atomic E-state index is 0.0440. The molecule has 0 aliphatic rings. The summed E-state index contributed by atoms with van der Waals surface area (Å²) in [5.74, 6) is 0. The minimum atomic E-state index is -2.56.